The maximum Gasteiger partial charge on any atom is 1.00 e. The number of quaternary nitrogens is 1. The number of aliphatic hydroxyl groups is 1. The molecule has 5 heteroatoms. The summed E-state index contributed by atoms with van der Waals surface area (Å²) in [5.74, 6) is -0.696. The van der Waals surface area contributed by atoms with E-state index in [0.29, 0.717) is 5.92 Å². The molecule has 4 nitrogen and oxygen atoms in total. The van der Waals surface area contributed by atoms with Gasteiger partial charge in [-0.15, -0.1) is 0 Å². The maximum absolute atomic E-state index is 11.1. The molecule has 2 atom stereocenters. The van der Waals surface area contributed by atoms with Gasteiger partial charge in [0, 0.05) is 5.56 Å². The Hall–Kier alpha value is -0.390. The van der Waals surface area contributed by atoms with Gasteiger partial charge in [-0.2, -0.15) is 0 Å². The first kappa shape index (κ1) is 23.6. The van der Waals surface area contributed by atoms with Crippen molar-refractivity contribution in [3.63, 3.8) is 0 Å². The Labute approximate surface area is 170 Å². The average molecular weight is 345 g/mol. The van der Waals surface area contributed by atoms with Gasteiger partial charge in [0.2, 0.25) is 0 Å². The first-order valence-electron chi connectivity index (χ1n) is 8.58. The number of aliphatic hydroxyl groups excluding tert-OH is 1. The van der Waals surface area contributed by atoms with E-state index in [1.54, 1.807) is 0 Å². The van der Waals surface area contributed by atoms with Crippen molar-refractivity contribution in [2.45, 2.75) is 58.0 Å². The van der Waals surface area contributed by atoms with Crippen molar-refractivity contribution < 1.29 is 46.0 Å². The van der Waals surface area contributed by atoms with Crippen molar-refractivity contribution in [2.75, 3.05) is 20.6 Å². The number of hydrogen-bond donors (Lipinski definition) is 1. The molecule has 0 aliphatic rings. The molecule has 0 saturated carbocycles. The molecule has 1 aromatic rings. The van der Waals surface area contributed by atoms with Crippen LogP contribution in [0.15, 0.2) is 24.3 Å². The second-order valence-corrected chi connectivity index (χ2v) is 7.04. The summed E-state index contributed by atoms with van der Waals surface area (Å²) in [7, 11) is 3.81. The fourth-order valence-electron chi connectivity index (χ4n) is 3.14. The Morgan fingerprint density at radius 2 is 1.88 bits per heavy atom. The summed E-state index contributed by atoms with van der Waals surface area (Å²) in [5.41, 5.74) is 2.23. The van der Waals surface area contributed by atoms with Gasteiger partial charge in [0.1, 0.15) is 12.2 Å². The van der Waals surface area contributed by atoms with E-state index in [1.807, 2.05) is 39.2 Å². The molecule has 1 N–H and O–H groups in total. The van der Waals surface area contributed by atoms with E-state index in [-0.39, 0.29) is 48.1 Å². The van der Waals surface area contributed by atoms with Gasteiger partial charge in [0.15, 0.2) is 0 Å². The summed E-state index contributed by atoms with van der Waals surface area (Å²) >= 11 is 0. The molecular weight excluding hydrogens is 313 g/mol. The van der Waals surface area contributed by atoms with Crippen molar-refractivity contribution in [3.05, 3.63) is 29.8 Å². The van der Waals surface area contributed by atoms with E-state index >= 15 is 0 Å². The molecule has 24 heavy (non-hydrogen) atoms. The Morgan fingerprint density at radius 3 is 2.42 bits per heavy atom. The zero-order valence-electron chi connectivity index (χ0n) is 16.9. The quantitative estimate of drug-likeness (QED) is 0.462. The third-order valence-corrected chi connectivity index (χ3v) is 4.39. The molecule has 132 valence electrons. The van der Waals surface area contributed by atoms with Gasteiger partial charge in [-0.05, 0) is 38.2 Å². The Balaban J connectivity index is 0. The van der Waals surface area contributed by atoms with Crippen LogP contribution in [0.25, 0.3) is 0 Å². The minimum atomic E-state index is -1.04. The Kier molecular flexibility index (Phi) is 11.1. The van der Waals surface area contributed by atoms with Gasteiger partial charge in [0.05, 0.1) is 26.2 Å². The van der Waals surface area contributed by atoms with Crippen LogP contribution in [-0.4, -0.2) is 37.8 Å². The van der Waals surface area contributed by atoms with E-state index in [9.17, 15) is 15.0 Å². The SMILES string of the molecule is CCCCC(CCC(C)O)c1ccccc1[N+](C)(C)CC(=O)[O-].[H-].[Na+]. The summed E-state index contributed by atoms with van der Waals surface area (Å²) in [6, 6.07) is 8.09. The predicted octanol–water partition coefficient (Wildman–Crippen LogP) is -0.445. The largest absolute Gasteiger partial charge is 1.00 e. The second-order valence-electron chi connectivity index (χ2n) is 7.04. The van der Waals surface area contributed by atoms with Gasteiger partial charge in [-0.3, -0.25) is 4.48 Å². The standard InChI is InChI=1S/C19H31NO3.Na.H/c1-5-6-9-16(13-12-15(2)21)17-10-7-8-11-18(17)20(3,4)14-19(22)23;;/h7-8,10-11,15-16,21H,5-6,9,12-14H2,1-4H3;;/q;+1;-1. The van der Waals surface area contributed by atoms with E-state index in [1.165, 1.54) is 5.56 Å². The van der Waals surface area contributed by atoms with Crippen molar-refractivity contribution in [3.8, 4) is 0 Å². The van der Waals surface area contributed by atoms with Gasteiger partial charge >= 0.3 is 29.6 Å². The molecule has 0 fully saturated rings. The number of aliphatic carboxylic acids is 1. The van der Waals surface area contributed by atoms with Crippen LogP contribution in [0.2, 0.25) is 0 Å². The Morgan fingerprint density at radius 1 is 1.25 bits per heavy atom. The minimum Gasteiger partial charge on any atom is -1.00 e. The number of carbonyl (C=O) groups excluding carboxylic acids is 1. The van der Waals surface area contributed by atoms with Crippen LogP contribution in [-0.2, 0) is 4.79 Å². The van der Waals surface area contributed by atoms with Gasteiger partial charge in [-0.25, -0.2) is 0 Å². The third kappa shape index (κ3) is 7.66. The first-order valence-corrected chi connectivity index (χ1v) is 8.58. The van der Waals surface area contributed by atoms with Crippen molar-refractivity contribution >= 4 is 11.7 Å². The van der Waals surface area contributed by atoms with Crippen molar-refractivity contribution in [1.82, 2.24) is 4.48 Å². The van der Waals surface area contributed by atoms with Gasteiger partial charge in [-0.1, -0.05) is 38.0 Å². The van der Waals surface area contributed by atoms with E-state index in [4.69, 9.17) is 0 Å². The van der Waals surface area contributed by atoms with Gasteiger partial charge in [0.25, 0.3) is 0 Å². The number of para-hydroxylation sites is 1. The molecule has 2 unspecified atom stereocenters. The molecule has 0 spiro atoms. The van der Waals surface area contributed by atoms with Crippen LogP contribution in [0.5, 0.6) is 0 Å². The topological polar surface area (TPSA) is 60.4 Å². The fourth-order valence-corrected chi connectivity index (χ4v) is 3.14. The predicted molar refractivity (Wildman–Crippen MR) is 94.3 cm³/mol. The van der Waals surface area contributed by atoms with E-state index in [0.717, 1.165) is 37.8 Å². The fraction of sp³-hybridized carbons (Fsp3) is 0.632. The molecular formula is C19H32NNaO3. The van der Waals surface area contributed by atoms with E-state index < -0.39 is 5.97 Å². The number of carboxylic acids is 1. The second kappa shape index (κ2) is 11.3. The molecule has 0 aromatic heterocycles. The zero-order chi connectivity index (χ0) is 17.5. The molecule has 0 bridgehead atoms. The normalized spacial score (nSPS) is 13.9. The van der Waals surface area contributed by atoms with Crippen molar-refractivity contribution in [1.29, 1.82) is 0 Å². The molecule has 0 radical (unpaired) electrons. The number of likely N-dealkylation sites (N-methyl/N-ethyl adjacent to an activating group) is 1. The molecule has 0 aliphatic heterocycles. The molecule has 0 heterocycles. The number of carboxylic acid groups (broad SMARTS) is 1. The van der Waals surface area contributed by atoms with Crippen LogP contribution in [0.1, 0.15) is 58.9 Å². The Bertz CT molecular complexity index is 509. The summed E-state index contributed by atoms with van der Waals surface area (Å²) in [6.45, 7) is 3.94. The third-order valence-electron chi connectivity index (χ3n) is 4.39. The van der Waals surface area contributed by atoms with Crippen LogP contribution >= 0.6 is 0 Å². The molecule has 1 aromatic carbocycles. The first-order chi connectivity index (χ1) is 10.8. The molecule has 0 saturated heterocycles. The van der Waals surface area contributed by atoms with Crippen molar-refractivity contribution in [2.24, 2.45) is 0 Å². The molecule has 0 amide bonds. The van der Waals surface area contributed by atoms with Crippen LogP contribution in [0, 0.1) is 0 Å². The number of rotatable bonds is 10. The number of nitrogens with zero attached hydrogens (tertiary/aromatic N) is 1. The monoisotopic (exact) mass is 345 g/mol. The number of carbonyl (C=O) groups is 1. The smallest absolute Gasteiger partial charge is 1.00 e. The molecule has 1 rings (SSSR count). The summed E-state index contributed by atoms with van der Waals surface area (Å²) in [4.78, 5) is 11.1. The van der Waals surface area contributed by atoms with E-state index in [2.05, 4.69) is 13.0 Å². The number of unbranched alkanes of at least 4 members (excludes halogenated alkanes) is 1. The number of benzene rings is 1. The zero-order valence-corrected chi connectivity index (χ0v) is 17.9. The van der Waals surface area contributed by atoms with Crippen LogP contribution in [0.3, 0.4) is 0 Å². The van der Waals surface area contributed by atoms with Crippen LogP contribution < -0.4 is 39.1 Å². The van der Waals surface area contributed by atoms with Crippen LogP contribution in [0.4, 0.5) is 5.69 Å². The minimum absolute atomic E-state index is 0. The summed E-state index contributed by atoms with van der Waals surface area (Å²) in [5, 5.41) is 20.7. The summed E-state index contributed by atoms with van der Waals surface area (Å²) < 4.78 is 0.274. The van der Waals surface area contributed by atoms with Gasteiger partial charge < -0.3 is 16.4 Å². The molecule has 0 aliphatic carbocycles. The maximum atomic E-state index is 11.1. The number of hydrogen-bond acceptors (Lipinski definition) is 3. The average Bonchev–Trinajstić information content (AvgIpc) is 2.46. The summed E-state index contributed by atoms with van der Waals surface area (Å²) in [6.07, 6.45) is 4.69.